The molecule has 38 heavy (non-hydrogen) atoms. The van der Waals surface area contributed by atoms with Gasteiger partial charge in [-0.25, -0.2) is 8.78 Å². The van der Waals surface area contributed by atoms with Crippen molar-refractivity contribution in [1.82, 2.24) is 0 Å². The van der Waals surface area contributed by atoms with Crippen LogP contribution in [0.5, 0.6) is 11.5 Å². The molecule has 0 bridgehead atoms. The Morgan fingerprint density at radius 2 is 1.39 bits per heavy atom. The average Bonchev–Trinajstić information content (AvgIpc) is 2.80. The van der Waals surface area contributed by atoms with E-state index >= 15 is 0 Å². The second-order valence-corrected chi connectivity index (χ2v) is 9.24. The highest BCUT2D eigenvalue weighted by molar-refractivity contribution is 5.34. The molecular formula is C27H27F9O2. The van der Waals surface area contributed by atoms with Crippen LogP contribution in [0.15, 0.2) is 48.0 Å². The molecule has 0 radical (unpaired) electrons. The van der Waals surface area contributed by atoms with Crippen molar-refractivity contribution in [2.75, 3.05) is 0 Å². The molecule has 1 aliphatic carbocycles. The van der Waals surface area contributed by atoms with Crippen molar-refractivity contribution in [3.05, 3.63) is 70.8 Å². The normalized spacial score (nSPS) is 16.8. The molecule has 3 rings (SSSR count). The Hall–Kier alpha value is -2.85. The number of hydrogen-bond donors (Lipinski definition) is 0. The van der Waals surface area contributed by atoms with Crippen molar-refractivity contribution >= 4 is 0 Å². The van der Waals surface area contributed by atoms with E-state index in [1.807, 2.05) is 0 Å². The average molecular weight is 554 g/mol. The minimum Gasteiger partial charge on any atom is -0.429 e. The van der Waals surface area contributed by atoms with Crippen molar-refractivity contribution in [3.63, 3.8) is 0 Å². The van der Waals surface area contributed by atoms with E-state index in [1.165, 1.54) is 6.08 Å². The van der Waals surface area contributed by atoms with Gasteiger partial charge in [0.1, 0.15) is 28.7 Å². The lowest BCUT2D eigenvalue weighted by atomic mass is 9.85. The van der Waals surface area contributed by atoms with Gasteiger partial charge in [0.15, 0.2) is 0 Å². The van der Waals surface area contributed by atoms with Gasteiger partial charge in [0.25, 0.3) is 0 Å². The molecule has 0 saturated heterocycles. The topological polar surface area (TPSA) is 18.5 Å². The van der Waals surface area contributed by atoms with Crippen LogP contribution in [0.25, 0.3) is 0 Å². The van der Waals surface area contributed by atoms with Crippen LogP contribution in [0.2, 0.25) is 0 Å². The van der Waals surface area contributed by atoms with Gasteiger partial charge in [0.05, 0.1) is 5.56 Å². The first kappa shape index (κ1) is 29.7. The molecule has 0 saturated carbocycles. The number of halogens is 9. The van der Waals surface area contributed by atoms with Gasteiger partial charge in [-0.1, -0.05) is 45.1 Å². The fourth-order valence-electron chi connectivity index (χ4n) is 4.29. The highest BCUT2D eigenvalue weighted by Gasteiger charge is 2.41. The molecule has 0 amide bonds. The first-order valence-corrected chi connectivity index (χ1v) is 12.2. The number of allylic oxidation sites excluding steroid dienone is 1. The number of unbranched alkanes of at least 4 members (excludes halogenated alkanes) is 3. The molecule has 0 N–H and O–H groups in total. The second kappa shape index (κ2) is 11.9. The van der Waals surface area contributed by atoms with E-state index < -0.39 is 52.7 Å². The Morgan fingerprint density at radius 3 is 1.92 bits per heavy atom. The standard InChI is InChI=1S/C27H27F9O2/c1-2-3-4-5-6-17-7-9-18(10-8-17)26(33,34)37-20-13-11-19(12-14-20)27(35,36)38-21-15-22(28)24(23(29)16-21)25(30,31)32/h9,11-17H,2-8,10H2,1H3. The van der Waals surface area contributed by atoms with Crippen LogP contribution in [0.4, 0.5) is 39.5 Å². The minimum absolute atomic E-state index is 0.0223. The molecule has 2 aromatic carbocycles. The summed E-state index contributed by atoms with van der Waals surface area (Å²) in [7, 11) is 0. The second-order valence-electron chi connectivity index (χ2n) is 9.24. The van der Waals surface area contributed by atoms with Crippen LogP contribution in [-0.2, 0) is 12.3 Å². The zero-order valence-corrected chi connectivity index (χ0v) is 20.5. The Balaban J connectivity index is 1.63. The summed E-state index contributed by atoms with van der Waals surface area (Å²) in [6.45, 7) is 2.11. The Morgan fingerprint density at radius 1 is 0.789 bits per heavy atom. The summed E-state index contributed by atoms with van der Waals surface area (Å²) in [5.41, 5.74) is -3.34. The molecule has 0 heterocycles. The lowest BCUT2D eigenvalue weighted by molar-refractivity contribution is -0.185. The number of ether oxygens (including phenoxy) is 2. The molecule has 11 heteroatoms. The quantitative estimate of drug-likeness (QED) is 0.156. The van der Waals surface area contributed by atoms with Gasteiger partial charge in [-0.2, -0.15) is 30.7 Å². The van der Waals surface area contributed by atoms with Crippen molar-refractivity contribution in [2.24, 2.45) is 5.92 Å². The summed E-state index contributed by atoms with van der Waals surface area (Å²) in [5.74, 6) is -5.54. The van der Waals surface area contributed by atoms with Gasteiger partial charge in [0.2, 0.25) is 0 Å². The summed E-state index contributed by atoms with van der Waals surface area (Å²) < 4.78 is 133. The molecule has 0 aliphatic heterocycles. The third-order valence-corrected chi connectivity index (χ3v) is 6.34. The summed E-state index contributed by atoms with van der Waals surface area (Å²) in [4.78, 5) is 0. The first-order chi connectivity index (χ1) is 17.7. The molecule has 1 unspecified atom stereocenters. The van der Waals surface area contributed by atoms with E-state index in [2.05, 4.69) is 11.7 Å². The van der Waals surface area contributed by atoms with Crippen molar-refractivity contribution in [1.29, 1.82) is 0 Å². The summed E-state index contributed by atoms with van der Waals surface area (Å²) in [6, 6.07) is 3.04. The lowest BCUT2D eigenvalue weighted by Gasteiger charge is -2.27. The molecule has 0 spiro atoms. The van der Waals surface area contributed by atoms with Crippen molar-refractivity contribution in [2.45, 2.75) is 76.7 Å². The highest BCUT2D eigenvalue weighted by Crippen LogP contribution is 2.40. The minimum atomic E-state index is -5.38. The molecule has 1 aliphatic rings. The zero-order valence-electron chi connectivity index (χ0n) is 20.5. The van der Waals surface area contributed by atoms with Gasteiger partial charge < -0.3 is 9.47 Å². The van der Waals surface area contributed by atoms with Gasteiger partial charge in [-0.05, 0) is 49.4 Å². The van der Waals surface area contributed by atoms with Gasteiger partial charge in [-0.3, -0.25) is 0 Å². The summed E-state index contributed by atoms with van der Waals surface area (Å²) in [6.07, 6.45) is -5.16. The van der Waals surface area contributed by atoms with E-state index in [0.717, 1.165) is 44.2 Å². The third-order valence-electron chi connectivity index (χ3n) is 6.34. The largest absolute Gasteiger partial charge is 0.429 e. The fourth-order valence-corrected chi connectivity index (χ4v) is 4.29. The fraction of sp³-hybridized carbons (Fsp3) is 0.481. The van der Waals surface area contributed by atoms with Gasteiger partial charge in [-0.15, -0.1) is 0 Å². The Bertz CT molecular complexity index is 1090. The molecule has 0 fully saturated rings. The van der Waals surface area contributed by atoms with Crippen LogP contribution >= 0.6 is 0 Å². The highest BCUT2D eigenvalue weighted by atomic mass is 19.4. The maximum atomic E-state index is 14.7. The zero-order chi connectivity index (χ0) is 28.1. The summed E-state index contributed by atoms with van der Waals surface area (Å²) >= 11 is 0. The Labute approximate surface area is 214 Å². The van der Waals surface area contributed by atoms with E-state index in [-0.39, 0.29) is 24.1 Å². The van der Waals surface area contributed by atoms with Crippen LogP contribution in [0.1, 0.15) is 69.4 Å². The molecule has 2 aromatic rings. The first-order valence-electron chi connectivity index (χ1n) is 12.2. The molecule has 210 valence electrons. The summed E-state index contributed by atoms with van der Waals surface area (Å²) in [5, 5.41) is 0. The number of benzene rings is 2. The lowest BCUT2D eigenvalue weighted by Crippen LogP contribution is -2.29. The van der Waals surface area contributed by atoms with Gasteiger partial charge >= 0.3 is 18.4 Å². The van der Waals surface area contributed by atoms with E-state index in [4.69, 9.17) is 4.74 Å². The number of alkyl halides is 7. The van der Waals surface area contributed by atoms with Crippen molar-refractivity contribution in [3.8, 4) is 11.5 Å². The molecule has 0 aromatic heterocycles. The van der Waals surface area contributed by atoms with E-state index in [1.54, 1.807) is 0 Å². The molecular weight excluding hydrogens is 527 g/mol. The van der Waals surface area contributed by atoms with Crippen LogP contribution in [-0.4, -0.2) is 6.11 Å². The monoisotopic (exact) mass is 554 g/mol. The van der Waals surface area contributed by atoms with Crippen molar-refractivity contribution < 1.29 is 49.0 Å². The van der Waals surface area contributed by atoms with Crippen LogP contribution in [0, 0.1) is 17.6 Å². The predicted octanol–water partition coefficient (Wildman–Crippen LogP) is 9.78. The third kappa shape index (κ3) is 7.60. The maximum Gasteiger partial charge on any atom is 0.426 e. The smallest absolute Gasteiger partial charge is 0.426 e. The van der Waals surface area contributed by atoms with E-state index in [9.17, 15) is 39.5 Å². The number of hydrogen-bond acceptors (Lipinski definition) is 2. The maximum absolute atomic E-state index is 14.7. The predicted molar refractivity (Wildman–Crippen MR) is 122 cm³/mol. The van der Waals surface area contributed by atoms with Crippen LogP contribution < -0.4 is 9.47 Å². The SMILES string of the molecule is CCCCCCC1CC=C(C(F)(F)Oc2ccc(C(F)(F)Oc3cc(F)c(C(F)(F)F)c(F)c3)cc2)CC1. The molecule has 1 atom stereocenters. The van der Waals surface area contributed by atoms with Crippen LogP contribution in [0.3, 0.4) is 0 Å². The van der Waals surface area contributed by atoms with Gasteiger partial charge in [0, 0.05) is 17.7 Å². The molecule has 2 nitrogen and oxygen atoms in total. The Kier molecular flexibility index (Phi) is 9.30. The van der Waals surface area contributed by atoms with E-state index in [0.29, 0.717) is 30.9 Å². The number of rotatable bonds is 11.